The molecule has 1 unspecified atom stereocenters. The summed E-state index contributed by atoms with van der Waals surface area (Å²) in [6.07, 6.45) is 2.82. The first-order valence-corrected chi connectivity index (χ1v) is 10.4. The number of aryl methyl sites for hydroxylation is 1. The Kier molecular flexibility index (Phi) is 6.98. The number of carbonyl (C=O) groups excluding carboxylic acids is 1. The lowest BCUT2D eigenvalue weighted by atomic mass is 10.0. The minimum atomic E-state index is 0. The Morgan fingerprint density at radius 2 is 1.83 bits per heavy atom. The van der Waals surface area contributed by atoms with Gasteiger partial charge < -0.3 is 10.2 Å². The number of hydrogen-bond acceptors (Lipinski definition) is 4. The first-order chi connectivity index (χ1) is 13.5. The Bertz CT molecular complexity index is 826. The molecule has 1 amide bonds. The van der Waals surface area contributed by atoms with Gasteiger partial charge in [0.15, 0.2) is 0 Å². The van der Waals surface area contributed by atoms with Gasteiger partial charge in [-0.1, -0.05) is 31.5 Å². The van der Waals surface area contributed by atoms with E-state index >= 15 is 0 Å². The van der Waals surface area contributed by atoms with Crippen molar-refractivity contribution in [3.8, 4) is 5.69 Å². The number of nitrogens with one attached hydrogen (secondary N) is 1. The van der Waals surface area contributed by atoms with E-state index in [9.17, 15) is 4.79 Å². The standard InChI is InChI=1S/C22H31N5O.ClH/c1-16(2)21-20(14-24-27(21)18-6-4-17(3)5-7-18)22(28)26-11-8-19(15-26)25-12-9-23-10-13-25;/h4-7,14,16,19,23H,8-13,15H2,1-3H3;1H. The third-order valence-electron chi connectivity index (χ3n) is 5.98. The maximum absolute atomic E-state index is 13.3. The SMILES string of the molecule is Cc1ccc(-n2ncc(C(=O)N3CCC(N4CCNCC4)C3)c2C(C)C)cc1.Cl. The zero-order valence-corrected chi connectivity index (χ0v) is 18.4. The number of likely N-dealkylation sites (tertiary alicyclic amines) is 1. The van der Waals surface area contributed by atoms with Crippen molar-refractivity contribution in [1.82, 2.24) is 24.9 Å². The van der Waals surface area contributed by atoms with Crippen molar-refractivity contribution in [1.29, 1.82) is 0 Å². The van der Waals surface area contributed by atoms with Gasteiger partial charge in [0, 0.05) is 45.3 Å². The minimum Gasteiger partial charge on any atom is -0.337 e. The number of aromatic nitrogens is 2. The number of halogens is 1. The molecule has 29 heavy (non-hydrogen) atoms. The summed E-state index contributed by atoms with van der Waals surface area (Å²) < 4.78 is 1.93. The van der Waals surface area contributed by atoms with E-state index in [1.807, 2.05) is 9.58 Å². The van der Waals surface area contributed by atoms with Gasteiger partial charge in [-0.3, -0.25) is 9.69 Å². The Morgan fingerprint density at radius 3 is 2.48 bits per heavy atom. The number of benzene rings is 1. The molecule has 3 heterocycles. The number of nitrogens with zero attached hydrogens (tertiary/aromatic N) is 4. The summed E-state index contributed by atoms with van der Waals surface area (Å²) in [5, 5.41) is 8.00. The molecule has 2 aliphatic rings. The summed E-state index contributed by atoms with van der Waals surface area (Å²) in [7, 11) is 0. The van der Waals surface area contributed by atoms with Crippen molar-refractivity contribution in [2.24, 2.45) is 0 Å². The second-order valence-corrected chi connectivity index (χ2v) is 8.33. The summed E-state index contributed by atoms with van der Waals surface area (Å²) in [5.74, 6) is 0.342. The molecule has 0 bridgehead atoms. The largest absolute Gasteiger partial charge is 0.337 e. The van der Waals surface area contributed by atoms with Crippen LogP contribution < -0.4 is 5.32 Å². The van der Waals surface area contributed by atoms with Crippen molar-refractivity contribution in [3.05, 3.63) is 47.3 Å². The second kappa shape index (κ2) is 9.28. The number of hydrogen-bond donors (Lipinski definition) is 1. The van der Waals surface area contributed by atoms with Crippen LogP contribution in [0.1, 0.15) is 47.8 Å². The fourth-order valence-corrected chi connectivity index (χ4v) is 4.41. The van der Waals surface area contributed by atoms with Crippen LogP contribution >= 0.6 is 12.4 Å². The van der Waals surface area contributed by atoms with Crippen molar-refractivity contribution in [3.63, 3.8) is 0 Å². The van der Waals surface area contributed by atoms with Crippen LogP contribution in [0.5, 0.6) is 0 Å². The molecule has 0 aliphatic carbocycles. The molecule has 2 saturated heterocycles. The molecule has 0 spiro atoms. The lowest BCUT2D eigenvalue weighted by Gasteiger charge is -2.32. The van der Waals surface area contributed by atoms with E-state index in [1.54, 1.807) is 6.20 Å². The molecule has 7 heteroatoms. The van der Waals surface area contributed by atoms with E-state index in [2.05, 4.69) is 60.4 Å². The first kappa shape index (κ1) is 21.8. The first-order valence-electron chi connectivity index (χ1n) is 10.4. The maximum atomic E-state index is 13.3. The third kappa shape index (κ3) is 4.49. The number of carbonyl (C=O) groups is 1. The molecule has 2 aromatic rings. The van der Waals surface area contributed by atoms with Gasteiger partial charge in [0.25, 0.3) is 5.91 Å². The van der Waals surface area contributed by atoms with Gasteiger partial charge in [0.2, 0.25) is 0 Å². The van der Waals surface area contributed by atoms with Gasteiger partial charge in [-0.2, -0.15) is 5.10 Å². The average Bonchev–Trinajstić information content (AvgIpc) is 3.36. The molecule has 2 fully saturated rings. The highest BCUT2D eigenvalue weighted by Gasteiger charge is 2.33. The maximum Gasteiger partial charge on any atom is 0.257 e. The van der Waals surface area contributed by atoms with E-state index in [0.29, 0.717) is 6.04 Å². The van der Waals surface area contributed by atoms with Crippen molar-refractivity contribution in [2.45, 2.75) is 39.2 Å². The van der Waals surface area contributed by atoms with Gasteiger partial charge in [-0.15, -0.1) is 12.4 Å². The van der Waals surface area contributed by atoms with Gasteiger partial charge in [0.1, 0.15) is 0 Å². The molecule has 1 atom stereocenters. The molecule has 0 radical (unpaired) electrons. The van der Waals surface area contributed by atoms with Crippen LogP contribution in [-0.2, 0) is 0 Å². The van der Waals surface area contributed by atoms with E-state index in [1.165, 1.54) is 5.56 Å². The van der Waals surface area contributed by atoms with Crippen LogP contribution in [-0.4, -0.2) is 70.8 Å². The molecule has 6 nitrogen and oxygen atoms in total. The average molecular weight is 418 g/mol. The van der Waals surface area contributed by atoms with Gasteiger partial charge in [0.05, 0.1) is 23.1 Å². The fraction of sp³-hybridized carbons (Fsp3) is 0.545. The number of rotatable bonds is 4. The van der Waals surface area contributed by atoms with E-state index in [4.69, 9.17) is 0 Å². The third-order valence-corrected chi connectivity index (χ3v) is 5.98. The number of amides is 1. The van der Waals surface area contributed by atoms with Crippen LogP contribution in [0.25, 0.3) is 5.69 Å². The number of piperazine rings is 1. The van der Waals surface area contributed by atoms with Crippen LogP contribution in [0.3, 0.4) is 0 Å². The summed E-state index contributed by atoms with van der Waals surface area (Å²) in [6, 6.07) is 8.79. The van der Waals surface area contributed by atoms with Crippen molar-refractivity contribution in [2.75, 3.05) is 39.3 Å². The Labute approximate surface area is 179 Å². The normalized spacial score (nSPS) is 20.1. The van der Waals surface area contributed by atoms with Gasteiger partial charge in [-0.05, 0) is 31.4 Å². The predicted octanol–water partition coefficient (Wildman–Crippen LogP) is 2.85. The van der Waals surface area contributed by atoms with E-state index in [-0.39, 0.29) is 24.2 Å². The fourth-order valence-electron chi connectivity index (χ4n) is 4.41. The molecule has 2 aliphatic heterocycles. The monoisotopic (exact) mass is 417 g/mol. The van der Waals surface area contributed by atoms with Crippen LogP contribution in [0.2, 0.25) is 0 Å². The molecule has 1 aromatic heterocycles. The molecule has 1 N–H and O–H groups in total. The highest BCUT2D eigenvalue weighted by Crippen LogP contribution is 2.26. The highest BCUT2D eigenvalue weighted by atomic mass is 35.5. The molecular weight excluding hydrogens is 386 g/mol. The van der Waals surface area contributed by atoms with Gasteiger partial charge >= 0.3 is 0 Å². The topological polar surface area (TPSA) is 53.4 Å². The lowest BCUT2D eigenvalue weighted by molar-refractivity contribution is 0.0772. The summed E-state index contributed by atoms with van der Waals surface area (Å²) in [5.41, 5.74) is 3.97. The summed E-state index contributed by atoms with van der Waals surface area (Å²) >= 11 is 0. The minimum absolute atomic E-state index is 0. The van der Waals surface area contributed by atoms with E-state index in [0.717, 1.165) is 62.6 Å². The molecule has 1 aromatic carbocycles. The quantitative estimate of drug-likeness (QED) is 0.831. The van der Waals surface area contributed by atoms with E-state index < -0.39 is 0 Å². The molecule has 158 valence electrons. The Morgan fingerprint density at radius 1 is 1.14 bits per heavy atom. The summed E-state index contributed by atoms with van der Waals surface area (Å²) in [6.45, 7) is 12.2. The molecule has 4 rings (SSSR count). The summed E-state index contributed by atoms with van der Waals surface area (Å²) in [4.78, 5) is 17.9. The van der Waals surface area contributed by atoms with Gasteiger partial charge in [-0.25, -0.2) is 4.68 Å². The molecular formula is C22H32ClN5O. The molecule has 0 saturated carbocycles. The second-order valence-electron chi connectivity index (χ2n) is 8.33. The lowest BCUT2D eigenvalue weighted by Crippen LogP contribution is -2.49. The Balaban J connectivity index is 0.00000240. The van der Waals surface area contributed by atoms with Crippen molar-refractivity contribution < 1.29 is 4.79 Å². The zero-order chi connectivity index (χ0) is 19.7. The smallest absolute Gasteiger partial charge is 0.257 e. The van der Waals surface area contributed by atoms with Crippen molar-refractivity contribution >= 4 is 18.3 Å². The van der Waals surface area contributed by atoms with Crippen LogP contribution in [0.15, 0.2) is 30.5 Å². The van der Waals surface area contributed by atoms with Crippen LogP contribution in [0.4, 0.5) is 0 Å². The Hall–Kier alpha value is -1.89. The predicted molar refractivity (Wildman–Crippen MR) is 118 cm³/mol. The zero-order valence-electron chi connectivity index (χ0n) is 17.6. The highest BCUT2D eigenvalue weighted by molar-refractivity contribution is 5.95. The van der Waals surface area contributed by atoms with Crippen LogP contribution in [0, 0.1) is 6.92 Å².